The number of nitrogens with one attached hydrogen (secondary N) is 1. The third-order valence-electron chi connectivity index (χ3n) is 4.14. The molecule has 0 radical (unpaired) electrons. The van der Waals surface area contributed by atoms with Gasteiger partial charge in [0.1, 0.15) is 0 Å². The maximum atomic E-state index is 4.59. The summed E-state index contributed by atoms with van der Waals surface area (Å²) < 4.78 is 3.31. The molecule has 1 atom stereocenters. The molecular weight excluding hydrogens is 334 g/mol. The Kier molecular flexibility index (Phi) is 6.43. The molecule has 5 heteroatoms. The Labute approximate surface area is 135 Å². The fourth-order valence-corrected chi connectivity index (χ4v) is 4.75. The first kappa shape index (κ1) is 16.4. The first-order valence-electron chi connectivity index (χ1n) is 7.66. The number of hydrogen-bond donors (Lipinski definition) is 1. The van der Waals surface area contributed by atoms with Crippen LogP contribution in [0.25, 0.3) is 0 Å². The smallest absolute Gasteiger partial charge is 0.0738 e. The summed E-state index contributed by atoms with van der Waals surface area (Å²) >= 11 is 5.85. The van der Waals surface area contributed by atoms with Gasteiger partial charge in [0.15, 0.2) is 0 Å². The van der Waals surface area contributed by atoms with Crippen molar-refractivity contribution in [1.82, 2.24) is 15.1 Å². The standard InChI is InChI=1S/C15H26BrN3S/c1-4-19-14(15(16)11(2)18-19)9-12(17-3)10-20-13-7-5-6-8-13/h12-13,17H,4-10H2,1-3H3. The molecule has 0 aliphatic heterocycles. The molecule has 1 saturated carbocycles. The van der Waals surface area contributed by atoms with E-state index in [1.807, 2.05) is 0 Å². The van der Waals surface area contributed by atoms with E-state index in [4.69, 9.17) is 0 Å². The number of likely N-dealkylation sites (N-methyl/N-ethyl adjacent to an activating group) is 1. The zero-order chi connectivity index (χ0) is 14.5. The normalized spacial score (nSPS) is 17.8. The average molecular weight is 360 g/mol. The number of nitrogens with zero attached hydrogens (tertiary/aromatic N) is 2. The van der Waals surface area contributed by atoms with Crippen molar-refractivity contribution in [3.63, 3.8) is 0 Å². The summed E-state index contributed by atoms with van der Waals surface area (Å²) in [6.45, 7) is 5.17. The highest BCUT2D eigenvalue weighted by molar-refractivity contribution is 9.10. The Morgan fingerprint density at radius 3 is 2.75 bits per heavy atom. The third-order valence-corrected chi connectivity index (χ3v) is 6.71. The maximum absolute atomic E-state index is 4.59. The predicted octanol–water partition coefficient (Wildman–Crippen LogP) is 3.78. The molecule has 0 saturated heterocycles. The highest BCUT2D eigenvalue weighted by Gasteiger charge is 2.20. The van der Waals surface area contributed by atoms with Crippen LogP contribution < -0.4 is 5.32 Å². The molecule has 0 amide bonds. The quantitative estimate of drug-likeness (QED) is 0.803. The lowest BCUT2D eigenvalue weighted by Gasteiger charge is -2.19. The Balaban J connectivity index is 1.95. The van der Waals surface area contributed by atoms with E-state index >= 15 is 0 Å². The van der Waals surface area contributed by atoms with Crippen molar-refractivity contribution < 1.29 is 0 Å². The van der Waals surface area contributed by atoms with Crippen molar-refractivity contribution in [2.24, 2.45) is 0 Å². The number of thioether (sulfide) groups is 1. The SMILES string of the molecule is CCn1nc(C)c(Br)c1CC(CSC1CCCC1)NC. The van der Waals surface area contributed by atoms with Crippen LogP contribution in [0.3, 0.4) is 0 Å². The van der Waals surface area contributed by atoms with Gasteiger partial charge in [-0.25, -0.2) is 0 Å². The second-order valence-corrected chi connectivity index (χ2v) is 7.72. The molecule has 20 heavy (non-hydrogen) atoms. The van der Waals surface area contributed by atoms with Crippen LogP contribution in [0.4, 0.5) is 0 Å². The first-order chi connectivity index (χ1) is 9.65. The van der Waals surface area contributed by atoms with Crippen molar-refractivity contribution in [3.05, 3.63) is 15.9 Å². The zero-order valence-corrected chi connectivity index (χ0v) is 15.2. The maximum Gasteiger partial charge on any atom is 0.0738 e. The van der Waals surface area contributed by atoms with Crippen LogP contribution in [0.1, 0.15) is 44.0 Å². The van der Waals surface area contributed by atoms with Gasteiger partial charge in [-0.2, -0.15) is 16.9 Å². The van der Waals surface area contributed by atoms with Gasteiger partial charge in [-0.05, 0) is 49.7 Å². The summed E-state index contributed by atoms with van der Waals surface area (Å²) in [6, 6.07) is 0.526. The number of hydrogen-bond acceptors (Lipinski definition) is 3. The number of rotatable bonds is 7. The number of aromatic nitrogens is 2. The molecule has 1 aliphatic rings. The fourth-order valence-electron chi connectivity index (χ4n) is 2.85. The zero-order valence-electron chi connectivity index (χ0n) is 12.8. The molecule has 114 valence electrons. The fraction of sp³-hybridized carbons (Fsp3) is 0.800. The molecule has 1 N–H and O–H groups in total. The van der Waals surface area contributed by atoms with E-state index in [0.29, 0.717) is 6.04 Å². The van der Waals surface area contributed by atoms with Crippen LogP contribution in [-0.4, -0.2) is 33.9 Å². The predicted molar refractivity (Wildman–Crippen MR) is 91.6 cm³/mol. The lowest BCUT2D eigenvalue weighted by molar-refractivity contribution is 0.554. The van der Waals surface area contributed by atoms with Crippen molar-refractivity contribution in [2.75, 3.05) is 12.8 Å². The van der Waals surface area contributed by atoms with E-state index in [1.54, 1.807) is 0 Å². The van der Waals surface area contributed by atoms with Gasteiger partial charge in [-0.1, -0.05) is 12.8 Å². The van der Waals surface area contributed by atoms with Gasteiger partial charge in [0.05, 0.1) is 15.9 Å². The molecular formula is C15H26BrN3S. The van der Waals surface area contributed by atoms with E-state index in [1.165, 1.54) is 41.6 Å². The monoisotopic (exact) mass is 359 g/mol. The minimum Gasteiger partial charge on any atom is -0.316 e. The Morgan fingerprint density at radius 1 is 1.45 bits per heavy atom. The molecule has 3 nitrogen and oxygen atoms in total. The van der Waals surface area contributed by atoms with Crippen LogP contribution in [-0.2, 0) is 13.0 Å². The average Bonchev–Trinajstić information content (AvgIpc) is 3.06. The van der Waals surface area contributed by atoms with Crippen LogP contribution in [0.2, 0.25) is 0 Å². The van der Waals surface area contributed by atoms with Gasteiger partial charge in [0.2, 0.25) is 0 Å². The molecule has 0 bridgehead atoms. The lowest BCUT2D eigenvalue weighted by Crippen LogP contribution is -2.31. The van der Waals surface area contributed by atoms with Gasteiger partial charge in [-0.15, -0.1) is 0 Å². The largest absolute Gasteiger partial charge is 0.316 e. The summed E-state index contributed by atoms with van der Waals surface area (Å²) in [5.74, 6) is 1.20. The Bertz CT molecular complexity index is 427. The van der Waals surface area contributed by atoms with Gasteiger partial charge < -0.3 is 5.32 Å². The second-order valence-electron chi connectivity index (χ2n) is 5.59. The topological polar surface area (TPSA) is 29.9 Å². The Morgan fingerprint density at radius 2 is 2.15 bits per heavy atom. The summed E-state index contributed by atoms with van der Waals surface area (Å²) in [5.41, 5.74) is 2.43. The van der Waals surface area contributed by atoms with E-state index < -0.39 is 0 Å². The van der Waals surface area contributed by atoms with Gasteiger partial charge >= 0.3 is 0 Å². The van der Waals surface area contributed by atoms with Crippen LogP contribution in [0.15, 0.2) is 4.47 Å². The molecule has 0 spiro atoms. The Hall–Kier alpha value is -0.0000000000000000763. The summed E-state index contributed by atoms with van der Waals surface area (Å²) in [5, 5.41) is 8.96. The lowest BCUT2D eigenvalue weighted by atomic mass is 10.2. The van der Waals surface area contributed by atoms with Gasteiger partial charge in [0.25, 0.3) is 0 Å². The molecule has 1 unspecified atom stereocenters. The van der Waals surface area contributed by atoms with Crippen molar-refractivity contribution in [3.8, 4) is 0 Å². The molecule has 1 heterocycles. The van der Waals surface area contributed by atoms with Crippen LogP contribution in [0.5, 0.6) is 0 Å². The molecule has 1 aliphatic carbocycles. The number of aryl methyl sites for hydroxylation is 2. The van der Waals surface area contributed by atoms with Gasteiger partial charge in [-0.3, -0.25) is 4.68 Å². The highest BCUT2D eigenvalue weighted by Crippen LogP contribution is 2.30. The molecule has 0 aromatic carbocycles. The van der Waals surface area contributed by atoms with Crippen molar-refractivity contribution >= 4 is 27.7 Å². The second kappa shape index (κ2) is 7.85. The van der Waals surface area contributed by atoms with E-state index in [-0.39, 0.29) is 0 Å². The van der Waals surface area contributed by atoms with Crippen molar-refractivity contribution in [1.29, 1.82) is 0 Å². The molecule has 1 aromatic rings. The highest BCUT2D eigenvalue weighted by atomic mass is 79.9. The minimum atomic E-state index is 0.526. The molecule has 1 fully saturated rings. The van der Waals surface area contributed by atoms with Crippen LogP contribution >= 0.6 is 27.7 Å². The number of halogens is 1. The van der Waals surface area contributed by atoms with E-state index in [0.717, 1.165) is 23.9 Å². The van der Waals surface area contributed by atoms with E-state index in [9.17, 15) is 0 Å². The minimum absolute atomic E-state index is 0.526. The summed E-state index contributed by atoms with van der Waals surface area (Å²) in [4.78, 5) is 0. The van der Waals surface area contributed by atoms with Crippen LogP contribution in [0, 0.1) is 6.92 Å². The van der Waals surface area contributed by atoms with E-state index in [2.05, 4.69) is 63.7 Å². The molecule has 1 aromatic heterocycles. The third kappa shape index (κ3) is 4.01. The first-order valence-corrected chi connectivity index (χ1v) is 9.50. The summed E-state index contributed by atoms with van der Waals surface area (Å²) in [6.07, 6.45) is 6.73. The summed E-state index contributed by atoms with van der Waals surface area (Å²) in [7, 11) is 2.08. The molecule has 2 rings (SSSR count). The van der Waals surface area contributed by atoms with Crippen molar-refractivity contribution in [2.45, 2.75) is 63.8 Å². The van der Waals surface area contributed by atoms with Gasteiger partial charge in [0, 0.05) is 30.0 Å².